The van der Waals surface area contributed by atoms with Crippen molar-refractivity contribution in [3.63, 3.8) is 0 Å². The van der Waals surface area contributed by atoms with Gasteiger partial charge in [0.05, 0.1) is 18.5 Å². The largest absolute Gasteiger partial charge is 0.477 e. The highest BCUT2D eigenvalue weighted by Gasteiger charge is 2.33. The zero-order valence-corrected chi connectivity index (χ0v) is 14.4. The van der Waals surface area contributed by atoms with E-state index in [0.717, 1.165) is 18.4 Å². The third-order valence-electron chi connectivity index (χ3n) is 3.40. The van der Waals surface area contributed by atoms with Gasteiger partial charge in [-0.25, -0.2) is 4.98 Å². The molecular formula is C17H28N2O3. The molecule has 1 atom stereocenters. The number of nitrogens with zero attached hydrogens (tertiary/aromatic N) is 1. The third kappa shape index (κ3) is 4.98. The molecule has 1 N–H and O–H groups in total. The van der Waals surface area contributed by atoms with Crippen LogP contribution in [0.5, 0.6) is 5.88 Å². The Bertz CT molecular complexity index is 483. The van der Waals surface area contributed by atoms with Crippen molar-refractivity contribution in [3.8, 4) is 5.88 Å². The lowest BCUT2D eigenvalue weighted by atomic mass is 9.99. The summed E-state index contributed by atoms with van der Waals surface area (Å²) < 4.78 is 11.2. The average molecular weight is 308 g/mol. The fraction of sp³-hybridized carbons (Fsp3) is 0.647. The minimum Gasteiger partial charge on any atom is -0.477 e. The van der Waals surface area contributed by atoms with Gasteiger partial charge in [-0.3, -0.25) is 4.79 Å². The molecule has 1 rings (SSSR count). The van der Waals surface area contributed by atoms with Crippen molar-refractivity contribution in [2.24, 2.45) is 0 Å². The van der Waals surface area contributed by atoms with Gasteiger partial charge in [-0.1, -0.05) is 20.3 Å². The van der Waals surface area contributed by atoms with Crippen LogP contribution in [0.15, 0.2) is 12.3 Å². The van der Waals surface area contributed by atoms with Crippen LogP contribution in [0.3, 0.4) is 0 Å². The van der Waals surface area contributed by atoms with E-state index in [4.69, 9.17) is 9.47 Å². The lowest BCUT2D eigenvalue weighted by Crippen LogP contribution is -2.42. The number of anilines is 1. The summed E-state index contributed by atoms with van der Waals surface area (Å²) in [5, 5.41) is 2.89. The van der Waals surface area contributed by atoms with Crippen LogP contribution in [0.1, 0.15) is 52.5 Å². The molecule has 5 heteroatoms. The third-order valence-corrected chi connectivity index (χ3v) is 3.40. The van der Waals surface area contributed by atoms with Crippen LogP contribution in [-0.4, -0.2) is 29.7 Å². The van der Waals surface area contributed by atoms with Crippen molar-refractivity contribution < 1.29 is 14.3 Å². The van der Waals surface area contributed by atoms with Crippen LogP contribution in [0, 0.1) is 6.92 Å². The molecule has 0 aliphatic heterocycles. The van der Waals surface area contributed by atoms with E-state index in [2.05, 4.69) is 10.3 Å². The SMILES string of the molecule is CCCOc1ncc(NC(=O)[C@](C)(CCC)OCC)cc1C. The monoisotopic (exact) mass is 308 g/mol. The highest BCUT2D eigenvalue weighted by molar-refractivity contribution is 5.97. The topological polar surface area (TPSA) is 60.5 Å². The lowest BCUT2D eigenvalue weighted by molar-refractivity contribution is -0.139. The molecule has 0 fully saturated rings. The van der Waals surface area contributed by atoms with Gasteiger partial charge in [0, 0.05) is 12.2 Å². The number of carbonyl (C=O) groups is 1. The smallest absolute Gasteiger partial charge is 0.256 e. The van der Waals surface area contributed by atoms with Crippen molar-refractivity contribution >= 4 is 11.6 Å². The first-order chi connectivity index (χ1) is 10.5. The Morgan fingerprint density at radius 1 is 1.32 bits per heavy atom. The van der Waals surface area contributed by atoms with E-state index in [-0.39, 0.29) is 5.91 Å². The first-order valence-corrected chi connectivity index (χ1v) is 8.01. The first kappa shape index (κ1) is 18.4. The summed E-state index contributed by atoms with van der Waals surface area (Å²) in [5.74, 6) is 0.473. The molecule has 0 bridgehead atoms. The van der Waals surface area contributed by atoms with E-state index < -0.39 is 5.60 Å². The van der Waals surface area contributed by atoms with Crippen LogP contribution in [0.25, 0.3) is 0 Å². The first-order valence-electron chi connectivity index (χ1n) is 8.01. The zero-order chi connectivity index (χ0) is 16.6. The number of ether oxygens (including phenoxy) is 2. The maximum absolute atomic E-state index is 12.5. The molecule has 124 valence electrons. The van der Waals surface area contributed by atoms with Gasteiger partial charge in [-0.2, -0.15) is 0 Å². The van der Waals surface area contributed by atoms with Crippen molar-refractivity contribution in [1.29, 1.82) is 0 Å². The Balaban J connectivity index is 2.80. The Kier molecular flexibility index (Phi) is 7.32. The van der Waals surface area contributed by atoms with Crippen LogP contribution in [0.4, 0.5) is 5.69 Å². The molecule has 1 amide bonds. The van der Waals surface area contributed by atoms with Gasteiger partial charge in [0.1, 0.15) is 5.60 Å². The molecule has 0 unspecified atom stereocenters. The second-order valence-electron chi connectivity index (χ2n) is 5.56. The number of pyridine rings is 1. The molecule has 0 spiro atoms. The fourth-order valence-corrected chi connectivity index (χ4v) is 2.29. The number of aryl methyl sites for hydroxylation is 1. The van der Waals surface area contributed by atoms with E-state index in [0.29, 0.717) is 31.2 Å². The van der Waals surface area contributed by atoms with Gasteiger partial charge in [0.2, 0.25) is 5.88 Å². The summed E-state index contributed by atoms with van der Waals surface area (Å²) in [6, 6.07) is 1.87. The number of nitrogens with one attached hydrogen (secondary N) is 1. The van der Waals surface area contributed by atoms with Gasteiger partial charge in [0.25, 0.3) is 5.91 Å². The highest BCUT2D eigenvalue weighted by atomic mass is 16.5. The standard InChI is InChI=1S/C17H28N2O3/c1-6-9-17(5,22-8-3)16(20)19-14-11-13(4)15(18-12-14)21-10-7-2/h11-12H,6-10H2,1-5H3,(H,19,20)/t17-/m0/s1. The summed E-state index contributed by atoms with van der Waals surface area (Å²) in [6.45, 7) is 10.9. The van der Waals surface area contributed by atoms with E-state index in [1.807, 2.05) is 40.7 Å². The summed E-state index contributed by atoms with van der Waals surface area (Å²) in [6.07, 6.45) is 4.11. The predicted molar refractivity (Wildman–Crippen MR) is 88.3 cm³/mol. The second-order valence-corrected chi connectivity index (χ2v) is 5.56. The van der Waals surface area contributed by atoms with Gasteiger partial charge >= 0.3 is 0 Å². The molecule has 5 nitrogen and oxygen atoms in total. The van der Waals surface area contributed by atoms with E-state index in [1.54, 1.807) is 6.20 Å². The van der Waals surface area contributed by atoms with E-state index in [1.165, 1.54) is 0 Å². The Labute approximate surface area is 133 Å². The molecule has 0 radical (unpaired) electrons. The van der Waals surface area contributed by atoms with Crippen molar-refractivity contribution in [2.45, 2.75) is 59.5 Å². The van der Waals surface area contributed by atoms with Gasteiger partial charge in [-0.05, 0) is 39.7 Å². The van der Waals surface area contributed by atoms with Crippen molar-refractivity contribution in [2.75, 3.05) is 18.5 Å². The maximum Gasteiger partial charge on any atom is 0.256 e. The Morgan fingerprint density at radius 2 is 2.05 bits per heavy atom. The van der Waals surface area contributed by atoms with Crippen LogP contribution in [0.2, 0.25) is 0 Å². The molecule has 0 aliphatic carbocycles. The molecule has 1 aromatic rings. The van der Waals surface area contributed by atoms with Crippen LogP contribution in [-0.2, 0) is 9.53 Å². The summed E-state index contributed by atoms with van der Waals surface area (Å²) >= 11 is 0. The van der Waals surface area contributed by atoms with Crippen LogP contribution < -0.4 is 10.1 Å². The molecule has 0 aromatic carbocycles. The molecular weight excluding hydrogens is 280 g/mol. The quantitative estimate of drug-likeness (QED) is 0.755. The molecule has 0 saturated heterocycles. The van der Waals surface area contributed by atoms with Crippen LogP contribution >= 0.6 is 0 Å². The second kappa shape index (κ2) is 8.73. The number of amides is 1. The molecule has 1 aromatic heterocycles. The molecule has 22 heavy (non-hydrogen) atoms. The lowest BCUT2D eigenvalue weighted by Gasteiger charge is -2.27. The molecule has 0 saturated carbocycles. The zero-order valence-electron chi connectivity index (χ0n) is 14.4. The minimum absolute atomic E-state index is 0.139. The normalized spacial score (nSPS) is 13.5. The molecule has 1 heterocycles. The average Bonchev–Trinajstić information content (AvgIpc) is 2.47. The number of rotatable bonds is 9. The van der Waals surface area contributed by atoms with Gasteiger partial charge < -0.3 is 14.8 Å². The van der Waals surface area contributed by atoms with Crippen molar-refractivity contribution in [3.05, 3.63) is 17.8 Å². The predicted octanol–water partition coefficient (Wildman–Crippen LogP) is 3.71. The van der Waals surface area contributed by atoms with Crippen molar-refractivity contribution in [1.82, 2.24) is 4.98 Å². The number of hydrogen-bond acceptors (Lipinski definition) is 4. The summed E-state index contributed by atoms with van der Waals surface area (Å²) in [4.78, 5) is 16.8. The Morgan fingerprint density at radius 3 is 2.59 bits per heavy atom. The van der Waals surface area contributed by atoms with Gasteiger partial charge in [-0.15, -0.1) is 0 Å². The van der Waals surface area contributed by atoms with E-state index in [9.17, 15) is 4.79 Å². The highest BCUT2D eigenvalue weighted by Crippen LogP contribution is 2.23. The van der Waals surface area contributed by atoms with Gasteiger partial charge in [0.15, 0.2) is 0 Å². The van der Waals surface area contributed by atoms with E-state index >= 15 is 0 Å². The number of aromatic nitrogens is 1. The minimum atomic E-state index is -0.811. The maximum atomic E-state index is 12.5. The summed E-state index contributed by atoms with van der Waals surface area (Å²) in [7, 11) is 0. The number of carbonyl (C=O) groups excluding carboxylic acids is 1. The Hall–Kier alpha value is -1.62. The summed E-state index contributed by atoms with van der Waals surface area (Å²) in [5.41, 5.74) is 0.752. The molecule has 0 aliphatic rings. The number of hydrogen-bond donors (Lipinski definition) is 1. The fourth-order valence-electron chi connectivity index (χ4n) is 2.29.